The summed E-state index contributed by atoms with van der Waals surface area (Å²) < 4.78 is 18.8. The molecule has 2 rings (SSSR count). The van der Waals surface area contributed by atoms with Gasteiger partial charge in [-0.25, -0.2) is 4.39 Å². The van der Waals surface area contributed by atoms with Gasteiger partial charge in [0.1, 0.15) is 11.6 Å². The molecule has 5 nitrogen and oxygen atoms in total. The number of nitro groups is 1. The molecule has 0 radical (unpaired) electrons. The average molecular weight is 291 g/mol. The number of hydrogen-bond acceptors (Lipinski definition) is 4. The first-order chi connectivity index (χ1) is 10.0. The number of halogens is 1. The van der Waals surface area contributed by atoms with E-state index in [1.807, 2.05) is 6.92 Å². The van der Waals surface area contributed by atoms with E-state index in [1.165, 1.54) is 24.3 Å². The molecule has 110 valence electrons. The third-order valence-electron chi connectivity index (χ3n) is 2.97. The van der Waals surface area contributed by atoms with E-state index in [0.29, 0.717) is 12.0 Å². The second-order valence-electron chi connectivity index (χ2n) is 4.47. The summed E-state index contributed by atoms with van der Waals surface area (Å²) in [4.78, 5) is 10.5. The predicted molar refractivity (Wildman–Crippen MR) is 74.9 cm³/mol. The Morgan fingerprint density at radius 3 is 2.62 bits per heavy atom. The van der Waals surface area contributed by atoms with E-state index in [2.05, 4.69) is 0 Å². The van der Waals surface area contributed by atoms with E-state index in [-0.39, 0.29) is 23.8 Å². The molecule has 0 saturated carbocycles. The molecule has 0 fully saturated rings. The number of nitrogens with zero attached hydrogens (tertiary/aromatic N) is 1. The lowest BCUT2D eigenvalue weighted by atomic mass is 10.1. The summed E-state index contributed by atoms with van der Waals surface area (Å²) >= 11 is 0. The number of hydrogen-bond donors (Lipinski definition) is 1. The van der Waals surface area contributed by atoms with Crippen LogP contribution >= 0.6 is 0 Å². The van der Waals surface area contributed by atoms with Gasteiger partial charge in [-0.3, -0.25) is 10.1 Å². The van der Waals surface area contributed by atoms with Crippen molar-refractivity contribution in [3.8, 4) is 11.5 Å². The lowest BCUT2D eigenvalue weighted by molar-refractivity contribution is -0.385. The quantitative estimate of drug-likeness (QED) is 0.675. The van der Waals surface area contributed by atoms with Crippen LogP contribution in [0.5, 0.6) is 11.5 Å². The normalized spacial score (nSPS) is 10.4. The summed E-state index contributed by atoms with van der Waals surface area (Å²) in [7, 11) is 0. The fourth-order valence-corrected chi connectivity index (χ4v) is 1.91. The molecule has 0 amide bonds. The van der Waals surface area contributed by atoms with Crippen molar-refractivity contribution in [3.05, 3.63) is 63.5 Å². The van der Waals surface area contributed by atoms with Gasteiger partial charge in [-0.15, -0.1) is 0 Å². The molecule has 0 bridgehead atoms. The van der Waals surface area contributed by atoms with Crippen molar-refractivity contribution < 1.29 is 19.2 Å². The molecule has 2 aromatic carbocycles. The highest BCUT2D eigenvalue weighted by Gasteiger charge is 2.17. The third-order valence-corrected chi connectivity index (χ3v) is 2.97. The molecule has 0 spiro atoms. The third kappa shape index (κ3) is 3.55. The molecule has 0 aromatic heterocycles. The van der Waals surface area contributed by atoms with Crippen LogP contribution in [0.4, 0.5) is 10.1 Å². The summed E-state index contributed by atoms with van der Waals surface area (Å²) in [5, 5.41) is 20.1. The molecule has 6 heteroatoms. The van der Waals surface area contributed by atoms with Crippen molar-refractivity contribution in [2.24, 2.45) is 0 Å². The van der Waals surface area contributed by atoms with Crippen molar-refractivity contribution in [1.82, 2.24) is 0 Å². The van der Waals surface area contributed by atoms with Gasteiger partial charge in [0.05, 0.1) is 11.5 Å². The van der Waals surface area contributed by atoms with E-state index < -0.39 is 10.7 Å². The summed E-state index contributed by atoms with van der Waals surface area (Å²) in [6, 6.07) is 8.34. The zero-order chi connectivity index (χ0) is 15.4. The first-order valence-corrected chi connectivity index (χ1v) is 6.39. The molecule has 21 heavy (non-hydrogen) atoms. The number of ether oxygens (including phenoxy) is 1. The minimum Gasteiger partial charge on any atom is -0.450 e. The van der Waals surface area contributed by atoms with Gasteiger partial charge in [-0.05, 0) is 35.7 Å². The molecule has 0 heterocycles. The van der Waals surface area contributed by atoms with Crippen LogP contribution in [0.3, 0.4) is 0 Å². The Hall–Kier alpha value is -2.47. The van der Waals surface area contributed by atoms with E-state index in [1.54, 1.807) is 6.07 Å². The Morgan fingerprint density at radius 2 is 2.00 bits per heavy atom. The van der Waals surface area contributed by atoms with Gasteiger partial charge in [0.2, 0.25) is 5.75 Å². The number of rotatable bonds is 5. The predicted octanol–water partition coefficient (Wildman–Crippen LogP) is 3.58. The largest absolute Gasteiger partial charge is 0.450 e. The maximum atomic E-state index is 13.4. The standard InChI is InChI=1S/C15H14FNO4/c1-2-10-3-4-15(14(7-10)17(19)20)21-13-6-11(9-18)5-12(16)8-13/h3-8,18H,2,9H2,1H3. The van der Waals surface area contributed by atoms with Crippen LogP contribution in [0, 0.1) is 15.9 Å². The average Bonchev–Trinajstić information content (AvgIpc) is 2.46. The highest BCUT2D eigenvalue weighted by Crippen LogP contribution is 2.33. The van der Waals surface area contributed by atoms with Gasteiger partial charge >= 0.3 is 5.69 Å². The fraction of sp³-hybridized carbons (Fsp3) is 0.200. The van der Waals surface area contributed by atoms with Gasteiger partial charge in [0, 0.05) is 12.1 Å². The molecule has 0 aliphatic carbocycles. The number of benzene rings is 2. The van der Waals surface area contributed by atoms with Crippen LogP contribution in [0.25, 0.3) is 0 Å². The molecule has 1 N–H and O–H groups in total. The number of aryl methyl sites for hydroxylation is 1. The van der Waals surface area contributed by atoms with Crippen molar-refractivity contribution in [2.75, 3.05) is 0 Å². The van der Waals surface area contributed by atoms with Crippen LogP contribution in [0.2, 0.25) is 0 Å². The Labute approximate surface area is 120 Å². The van der Waals surface area contributed by atoms with Gasteiger partial charge in [0.25, 0.3) is 0 Å². The van der Waals surface area contributed by atoms with Crippen molar-refractivity contribution in [3.63, 3.8) is 0 Å². The van der Waals surface area contributed by atoms with Crippen LogP contribution in [-0.2, 0) is 13.0 Å². The maximum absolute atomic E-state index is 13.4. The van der Waals surface area contributed by atoms with Crippen LogP contribution < -0.4 is 4.74 Å². The van der Waals surface area contributed by atoms with E-state index in [4.69, 9.17) is 9.84 Å². The van der Waals surface area contributed by atoms with E-state index in [9.17, 15) is 14.5 Å². The minimum atomic E-state index is -0.579. The maximum Gasteiger partial charge on any atom is 0.311 e. The van der Waals surface area contributed by atoms with Crippen molar-refractivity contribution in [2.45, 2.75) is 20.0 Å². The Bertz CT molecular complexity index is 673. The van der Waals surface area contributed by atoms with E-state index >= 15 is 0 Å². The molecule has 0 unspecified atom stereocenters. The highest BCUT2D eigenvalue weighted by molar-refractivity contribution is 5.50. The molecule has 0 atom stereocenters. The second kappa shape index (κ2) is 6.32. The second-order valence-corrected chi connectivity index (χ2v) is 4.47. The summed E-state index contributed by atoms with van der Waals surface area (Å²) in [6.45, 7) is 1.55. The van der Waals surface area contributed by atoms with Gasteiger partial charge < -0.3 is 9.84 Å². The summed E-state index contributed by atoms with van der Waals surface area (Å²) in [6.07, 6.45) is 0.662. The van der Waals surface area contributed by atoms with Gasteiger partial charge in [-0.1, -0.05) is 13.0 Å². The first kappa shape index (κ1) is 14.9. The zero-order valence-corrected chi connectivity index (χ0v) is 11.4. The lowest BCUT2D eigenvalue weighted by Crippen LogP contribution is -1.96. The van der Waals surface area contributed by atoms with Crippen LogP contribution in [-0.4, -0.2) is 10.0 Å². The molecule has 0 aliphatic rings. The molecule has 2 aromatic rings. The fourth-order valence-electron chi connectivity index (χ4n) is 1.91. The SMILES string of the molecule is CCc1ccc(Oc2cc(F)cc(CO)c2)c([N+](=O)[O-])c1. The van der Waals surface area contributed by atoms with Crippen LogP contribution in [0.1, 0.15) is 18.1 Å². The van der Waals surface area contributed by atoms with Gasteiger partial charge in [-0.2, -0.15) is 0 Å². The molecular weight excluding hydrogens is 277 g/mol. The zero-order valence-electron chi connectivity index (χ0n) is 11.4. The Kier molecular flexibility index (Phi) is 4.49. The Morgan fingerprint density at radius 1 is 1.24 bits per heavy atom. The van der Waals surface area contributed by atoms with Crippen molar-refractivity contribution >= 4 is 5.69 Å². The van der Waals surface area contributed by atoms with E-state index in [0.717, 1.165) is 11.6 Å². The first-order valence-electron chi connectivity index (χ1n) is 6.39. The number of aliphatic hydroxyl groups excluding tert-OH is 1. The number of aliphatic hydroxyl groups is 1. The summed E-state index contributed by atoms with van der Waals surface area (Å²) in [5.74, 6) is -0.442. The minimum absolute atomic E-state index is 0.0340. The molecular formula is C15H14FNO4. The Balaban J connectivity index is 2.39. The monoisotopic (exact) mass is 291 g/mol. The highest BCUT2D eigenvalue weighted by atomic mass is 19.1. The smallest absolute Gasteiger partial charge is 0.311 e. The lowest BCUT2D eigenvalue weighted by Gasteiger charge is -2.09. The van der Waals surface area contributed by atoms with Gasteiger partial charge in [0.15, 0.2) is 0 Å². The van der Waals surface area contributed by atoms with Crippen molar-refractivity contribution in [1.29, 1.82) is 0 Å². The molecule has 0 saturated heterocycles. The topological polar surface area (TPSA) is 72.6 Å². The van der Waals surface area contributed by atoms with Crippen LogP contribution in [0.15, 0.2) is 36.4 Å². The summed E-state index contributed by atoms with van der Waals surface area (Å²) in [5.41, 5.74) is 0.964. The molecule has 0 aliphatic heterocycles. The number of nitro benzene ring substituents is 1.